The Kier molecular flexibility index (Phi) is 3.59. The molecule has 0 bridgehead atoms. The minimum atomic E-state index is -0.931. The molecule has 0 radical (unpaired) electrons. The van der Waals surface area contributed by atoms with E-state index in [9.17, 15) is 19.9 Å². The van der Waals surface area contributed by atoms with E-state index < -0.39 is 11.9 Å². The number of aliphatic carboxylic acids is 1. The Morgan fingerprint density at radius 3 is 2.96 bits per heavy atom. The highest BCUT2D eigenvalue weighted by atomic mass is 16.5. The highest BCUT2D eigenvalue weighted by Gasteiger charge is 2.40. The molecule has 8 heteroatoms. The Hall–Kier alpha value is -2.77. The summed E-state index contributed by atoms with van der Waals surface area (Å²) in [6.07, 6.45) is 4.70. The lowest BCUT2D eigenvalue weighted by Gasteiger charge is -2.24. The second-order valence-corrected chi connectivity index (χ2v) is 5.71. The first kappa shape index (κ1) is 15.1. The summed E-state index contributed by atoms with van der Waals surface area (Å²) in [4.78, 5) is 23.6. The van der Waals surface area contributed by atoms with Gasteiger partial charge in [-0.25, -0.2) is 0 Å². The molecule has 0 fully saturated rings. The maximum absolute atomic E-state index is 12.8. The Balaban J connectivity index is 2.05. The number of hydrogen-bond donors (Lipinski definition) is 2. The van der Waals surface area contributed by atoms with E-state index in [0.717, 1.165) is 0 Å². The maximum atomic E-state index is 12.8. The van der Waals surface area contributed by atoms with Crippen molar-refractivity contribution in [3.05, 3.63) is 28.9 Å². The summed E-state index contributed by atoms with van der Waals surface area (Å²) in [6.45, 7) is 0. The van der Waals surface area contributed by atoms with Gasteiger partial charge in [-0.1, -0.05) is 0 Å². The van der Waals surface area contributed by atoms with Gasteiger partial charge in [0.2, 0.25) is 17.8 Å². The zero-order chi connectivity index (χ0) is 16.7. The van der Waals surface area contributed by atoms with Gasteiger partial charge in [0.25, 0.3) is 0 Å². The van der Waals surface area contributed by atoms with Crippen molar-refractivity contribution in [1.29, 1.82) is 0 Å². The molecule has 2 N–H and O–H groups in total. The number of nitrogens with zero attached hydrogens (tertiary/aromatic N) is 2. The summed E-state index contributed by atoms with van der Waals surface area (Å²) in [5.41, 5.74) is 0.483. The SMILES string of the molecule is COc1c(O)cn2c1C=[N+]([O-])C1=CCC(CC(=O)O)C[C@@H]1C2=O. The second kappa shape index (κ2) is 5.45. The molecule has 1 aliphatic heterocycles. The summed E-state index contributed by atoms with van der Waals surface area (Å²) in [5, 5.41) is 31.1. The third-order valence-electron chi connectivity index (χ3n) is 4.26. The molecule has 0 spiro atoms. The molecule has 1 aromatic rings. The predicted octanol–water partition coefficient (Wildman–Crippen LogP) is 1.17. The Morgan fingerprint density at radius 1 is 1.57 bits per heavy atom. The fourth-order valence-electron chi connectivity index (χ4n) is 3.22. The van der Waals surface area contributed by atoms with Crippen molar-refractivity contribution in [2.24, 2.45) is 11.8 Å². The average molecular weight is 320 g/mol. The van der Waals surface area contributed by atoms with Gasteiger partial charge in [-0.05, 0) is 24.8 Å². The van der Waals surface area contributed by atoms with Gasteiger partial charge in [0.1, 0.15) is 5.92 Å². The number of carboxylic acids is 1. The van der Waals surface area contributed by atoms with E-state index in [-0.39, 0.29) is 41.9 Å². The largest absolute Gasteiger partial charge is 0.618 e. The Bertz CT molecular complexity index is 745. The molecular formula is C15H16N2O6. The smallest absolute Gasteiger partial charge is 0.303 e. The van der Waals surface area contributed by atoms with Crippen LogP contribution in [0.2, 0.25) is 0 Å². The van der Waals surface area contributed by atoms with Gasteiger partial charge in [0.15, 0.2) is 17.2 Å². The molecule has 3 rings (SSSR count). The summed E-state index contributed by atoms with van der Waals surface area (Å²) in [6, 6.07) is 0. The highest BCUT2D eigenvalue weighted by molar-refractivity contribution is 5.94. The van der Waals surface area contributed by atoms with Gasteiger partial charge >= 0.3 is 5.97 Å². The van der Waals surface area contributed by atoms with Crippen LogP contribution in [0, 0.1) is 17.0 Å². The van der Waals surface area contributed by atoms with Crippen LogP contribution in [-0.2, 0) is 4.79 Å². The van der Waals surface area contributed by atoms with Crippen LogP contribution in [-0.4, -0.2) is 44.7 Å². The molecule has 1 aromatic heterocycles. The minimum Gasteiger partial charge on any atom is -0.618 e. The van der Waals surface area contributed by atoms with E-state index in [0.29, 0.717) is 16.9 Å². The summed E-state index contributed by atoms with van der Waals surface area (Å²) in [7, 11) is 1.34. The first-order chi connectivity index (χ1) is 10.9. The Morgan fingerprint density at radius 2 is 2.30 bits per heavy atom. The maximum Gasteiger partial charge on any atom is 0.303 e. The van der Waals surface area contributed by atoms with Crippen LogP contribution in [0.25, 0.3) is 0 Å². The van der Waals surface area contributed by atoms with Crippen LogP contribution in [0.3, 0.4) is 0 Å². The van der Waals surface area contributed by atoms with Crippen LogP contribution in [0.4, 0.5) is 0 Å². The average Bonchev–Trinajstić information content (AvgIpc) is 2.76. The van der Waals surface area contributed by atoms with Gasteiger partial charge in [0, 0.05) is 6.42 Å². The van der Waals surface area contributed by atoms with Crippen LogP contribution in [0.1, 0.15) is 29.8 Å². The van der Waals surface area contributed by atoms with Gasteiger partial charge in [-0.3, -0.25) is 14.2 Å². The molecule has 0 saturated carbocycles. The quantitative estimate of drug-likeness (QED) is 0.638. The predicted molar refractivity (Wildman–Crippen MR) is 78.6 cm³/mol. The van der Waals surface area contributed by atoms with E-state index in [2.05, 4.69) is 0 Å². The van der Waals surface area contributed by atoms with Crippen LogP contribution in [0.5, 0.6) is 11.5 Å². The third-order valence-corrected chi connectivity index (χ3v) is 4.26. The number of aromatic hydroxyl groups is 1. The number of fused-ring (bicyclic) bond motifs is 2. The monoisotopic (exact) mass is 320 g/mol. The molecule has 2 heterocycles. The lowest BCUT2D eigenvalue weighted by molar-refractivity contribution is -0.404. The van der Waals surface area contributed by atoms with Gasteiger partial charge in [-0.2, -0.15) is 4.74 Å². The van der Waals surface area contributed by atoms with Crippen molar-refractivity contribution < 1.29 is 29.3 Å². The molecule has 23 heavy (non-hydrogen) atoms. The second-order valence-electron chi connectivity index (χ2n) is 5.71. The van der Waals surface area contributed by atoms with Crippen molar-refractivity contribution >= 4 is 18.1 Å². The number of allylic oxidation sites excluding steroid dienone is 2. The van der Waals surface area contributed by atoms with E-state index >= 15 is 0 Å². The topological polar surface area (TPSA) is 115 Å². The molecule has 122 valence electrons. The van der Waals surface area contributed by atoms with Crippen molar-refractivity contribution in [3.63, 3.8) is 0 Å². The first-order valence-corrected chi connectivity index (χ1v) is 7.18. The van der Waals surface area contributed by atoms with Crippen LogP contribution in [0.15, 0.2) is 18.0 Å². The molecular weight excluding hydrogens is 304 g/mol. The number of carbonyl (C=O) groups excluding carboxylic acids is 1. The third kappa shape index (κ3) is 2.45. The first-order valence-electron chi connectivity index (χ1n) is 7.18. The lowest BCUT2D eigenvalue weighted by atomic mass is 9.82. The number of hydroxylamine groups is 1. The van der Waals surface area contributed by atoms with E-state index in [1.165, 1.54) is 24.1 Å². The van der Waals surface area contributed by atoms with Gasteiger partial charge < -0.3 is 20.2 Å². The number of carbonyl (C=O) groups is 2. The summed E-state index contributed by atoms with van der Waals surface area (Å²) in [5.74, 6) is -2.42. The van der Waals surface area contributed by atoms with E-state index in [1.807, 2.05) is 0 Å². The fraction of sp³-hybridized carbons (Fsp3) is 0.400. The van der Waals surface area contributed by atoms with Crippen molar-refractivity contribution in [1.82, 2.24) is 4.57 Å². The van der Waals surface area contributed by atoms with Crippen LogP contribution < -0.4 is 4.74 Å². The fourth-order valence-corrected chi connectivity index (χ4v) is 3.22. The number of rotatable bonds is 3. The lowest BCUT2D eigenvalue weighted by Crippen LogP contribution is -2.30. The molecule has 2 atom stereocenters. The number of methoxy groups -OCH3 is 1. The van der Waals surface area contributed by atoms with Gasteiger partial charge in [0.05, 0.1) is 13.3 Å². The summed E-state index contributed by atoms with van der Waals surface area (Å²) < 4.78 is 6.83. The number of ether oxygens (including phenoxy) is 1. The van der Waals surface area contributed by atoms with E-state index in [1.54, 1.807) is 6.08 Å². The molecule has 0 aromatic carbocycles. The molecule has 8 nitrogen and oxygen atoms in total. The minimum absolute atomic E-state index is 0.0523. The zero-order valence-electron chi connectivity index (χ0n) is 12.4. The number of hydrogen-bond acceptors (Lipinski definition) is 5. The van der Waals surface area contributed by atoms with Crippen molar-refractivity contribution in [3.8, 4) is 11.5 Å². The standard InChI is InChI=1S/C15H16N2O6/c1-23-14-11-6-17(22)10-3-2-8(5-13(19)20)4-9(10)15(21)16(11)7-12(14)18/h3,6-9,18H,2,4-5H2,1H3,(H,19,20)/t8?,9-/m0/s1. The highest BCUT2D eigenvalue weighted by Crippen LogP contribution is 2.38. The van der Waals surface area contributed by atoms with Crippen molar-refractivity contribution in [2.45, 2.75) is 19.3 Å². The number of aromatic nitrogens is 1. The molecule has 1 aliphatic carbocycles. The molecule has 2 aliphatic rings. The normalized spacial score (nSPS) is 23.3. The zero-order valence-corrected chi connectivity index (χ0v) is 12.4. The van der Waals surface area contributed by atoms with Crippen molar-refractivity contribution in [2.75, 3.05) is 7.11 Å². The molecule has 0 amide bonds. The summed E-state index contributed by atoms with van der Waals surface area (Å²) >= 11 is 0. The van der Waals surface area contributed by atoms with Crippen LogP contribution >= 0.6 is 0 Å². The Labute approximate surface area is 131 Å². The molecule has 0 saturated heterocycles. The van der Waals surface area contributed by atoms with Gasteiger partial charge in [-0.15, -0.1) is 0 Å². The number of carboxylic acid groups (broad SMARTS) is 1. The molecule has 1 unspecified atom stereocenters. The van der Waals surface area contributed by atoms with E-state index in [4.69, 9.17) is 9.84 Å².